The summed E-state index contributed by atoms with van der Waals surface area (Å²) in [5.41, 5.74) is 8.35. The zero-order valence-corrected chi connectivity index (χ0v) is 13.9. The molecule has 0 unspecified atom stereocenters. The topological polar surface area (TPSA) is 58.4 Å². The normalized spacial score (nSPS) is 19.0. The highest BCUT2D eigenvalue weighted by atomic mass is 32.2. The lowest BCUT2D eigenvalue weighted by molar-refractivity contribution is -0.117. The summed E-state index contributed by atoms with van der Waals surface area (Å²) >= 11 is 1.99. The van der Waals surface area contributed by atoms with Gasteiger partial charge in [-0.2, -0.15) is 11.8 Å². The lowest BCUT2D eigenvalue weighted by atomic mass is 10.1. The van der Waals surface area contributed by atoms with Crippen LogP contribution in [0.15, 0.2) is 18.2 Å². The third kappa shape index (κ3) is 4.93. The molecular formula is C16H25N3OS. The Labute approximate surface area is 131 Å². The molecule has 0 spiro atoms. The number of nitrogens with two attached hydrogens (primary N) is 1. The van der Waals surface area contributed by atoms with Crippen molar-refractivity contribution >= 4 is 29.0 Å². The second-order valence-electron chi connectivity index (χ2n) is 6.27. The van der Waals surface area contributed by atoms with Crippen LogP contribution in [-0.2, 0) is 4.79 Å². The fourth-order valence-electron chi connectivity index (χ4n) is 2.41. The minimum Gasteiger partial charge on any atom is -0.397 e. The molecule has 1 aliphatic heterocycles. The molecule has 0 saturated carbocycles. The number of carbonyl (C=O) groups is 1. The second-order valence-corrected chi connectivity index (χ2v) is 8.08. The zero-order valence-electron chi connectivity index (χ0n) is 13.1. The molecule has 0 aromatic heterocycles. The molecule has 0 atom stereocenters. The zero-order chi connectivity index (χ0) is 15.5. The molecule has 21 heavy (non-hydrogen) atoms. The number of nitrogen functional groups attached to an aromatic ring is 1. The van der Waals surface area contributed by atoms with Crippen molar-refractivity contribution in [2.45, 2.75) is 31.9 Å². The number of nitrogens with one attached hydrogen (secondary N) is 1. The lowest BCUT2D eigenvalue weighted by Gasteiger charge is -2.22. The molecule has 0 bridgehead atoms. The maximum Gasteiger partial charge on any atom is 0.238 e. The molecule has 1 aliphatic rings. The average Bonchev–Trinajstić information content (AvgIpc) is 2.54. The first-order chi connectivity index (χ1) is 9.85. The van der Waals surface area contributed by atoms with Gasteiger partial charge >= 0.3 is 0 Å². The van der Waals surface area contributed by atoms with E-state index in [1.807, 2.05) is 36.9 Å². The number of rotatable bonds is 3. The number of aryl methyl sites for hydroxylation is 1. The Hall–Kier alpha value is -1.20. The molecule has 1 fully saturated rings. The van der Waals surface area contributed by atoms with E-state index in [0.29, 0.717) is 22.7 Å². The number of hydrogen-bond acceptors (Lipinski definition) is 4. The fraction of sp³-hybridized carbons (Fsp3) is 0.562. The first-order valence-corrected chi connectivity index (χ1v) is 8.37. The number of nitrogens with zero attached hydrogens (tertiary/aromatic N) is 1. The molecule has 1 aromatic carbocycles. The van der Waals surface area contributed by atoms with Crippen molar-refractivity contribution in [2.75, 3.05) is 36.4 Å². The summed E-state index contributed by atoms with van der Waals surface area (Å²) in [5.74, 6) is 1.09. The van der Waals surface area contributed by atoms with E-state index in [-0.39, 0.29) is 5.91 Å². The lowest BCUT2D eigenvalue weighted by Crippen LogP contribution is -2.35. The highest BCUT2D eigenvalue weighted by molar-refractivity contribution is 8.00. The highest BCUT2D eigenvalue weighted by Gasteiger charge is 2.24. The van der Waals surface area contributed by atoms with Crippen molar-refractivity contribution < 1.29 is 4.79 Å². The number of anilines is 2. The molecule has 0 aliphatic carbocycles. The van der Waals surface area contributed by atoms with E-state index in [4.69, 9.17) is 5.73 Å². The van der Waals surface area contributed by atoms with E-state index in [0.717, 1.165) is 30.8 Å². The van der Waals surface area contributed by atoms with Crippen LogP contribution in [-0.4, -0.2) is 40.9 Å². The monoisotopic (exact) mass is 307 g/mol. The predicted molar refractivity (Wildman–Crippen MR) is 91.8 cm³/mol. The van der Waals surface area contributed by atoms with Crippen molar-refractivity contribution in [2.24, 2.45) is 0 Å². The van der Waals surface area contributed by atoms with Gasteiger partial charge in [0.25, 0.3) is 0 Å². The summed E-state index contributed by atoms with van der Waals surface area (Å²) in [4.78, 5) is 14.4. The Kier molecular flexibility index (Phi) is 5.17. The first-order valence-electron chi connectivity index (χ1n) is 7.38. The van der Waals surface area contributed by atoms with E-state index >= 15 is 0 Å². The van der Waals surface area contributed by atoms with Gasteiger partial charge in [0.1, 0.15) is 0 Å². The van der Waals surface area contributed by atoms with Crippen LogP contribution >= 0.6 is 11.8 Å². The quantitative estimate of drug-likeness (QED) is 0.843. The van der Waals surface area contributed by atoms with Gasteiger partial charge in [-0.3, -0.25) is 9.69 Å². The van der Waals surface area contributed by atoms with Crippen LogP contribution in [0.1, 0.15) is 25.8 Å². The van der Waals surface area contributed by atoms with Crippen molar-refractivity contribution in [1.29, 1.82) is 0 Å². The minimum atomic E-state index is 0.00950. The van der Waals surface area contributed by atoms with Gasteiger partial charge in [-0.05, 0) is 31.0 Å². The third-order valence-electron chi connectivity index (χ3n) is 3.78. The van der Waals surface area contributed by atoms with Crippen molar-refractivity contribution in [1.82, 2.24) is 4.90 Å². The van der Waals surface area contributed by atoms with E-state index < -0.39 is 0 Å². The Morgan fingerprint density at radius 3 is 2.90 bits per heavy atom. The minimum absolute atomic E-state index is 0.00950. The van der Waals surface area contributed by atoms with Gasteiger partial charge in [0.2, 0.25) is 5.91 Å². The smallest absolute Gasteiger partial charge is 0.238 e. The van der Waals surface area contributed by atoms with E-state index in [2.05, 4.69) is 24.1 Å². The van der Waals surface area contributed by atoms with E-state index in [1.165, 1.54) is 0 Å². The third-order valence-corrected chi connectivity index (χ3v) is 5.15. The maximum absolute atomic E-state index is 12.2. The van der Waals surface area contributed by atoms with Crippen molar-refractivity contribution in [3.63, 3.8) is 0 Å². The predicted octanol–water partition coefficient (Wildman–Crippen LogP) is 2.73. The summed E-state index contributed by atoms with van der Waals surface area (Å²) in [6.45, 7) is 8.90. The number of carbonyl (C=O) groups excluding carboxylic acids is 1. The Bertz CT molecular complexity index is 516. The number of hydrogen-bond donors (Lipinski definition) is 2. The first kappa shape index (κ1) is 16.2. The molecule has 1 amide bonds. The van der Waals surface area contributed by atoms with Crippen LogP contribution in [0.25, 0.3) is 0 Å². The molecule has 5 heteroatoms. The second kappa shape index (κ2) is 6.71. The summed E-state index contributed by atoms with van der Waals surface area (Å²) in [6, 6.07) is 5.70. The maximum atomic E-state index is 12.2. The molecule has 1 saturated heterocycles. The Morgan fingerprint density at radius 1 is 1.43 bits per heavy atom. The van der Waals surface area contributed by atoms with Gasteiger partial charge in [-0.15, -0.1) is 0 Å². The van der Waals surface area contributed by atoms with Crippen LogP contribution < -0.4 is 11.1 Å². The molecule has 3 N–H and O–H groups in total. The van der Waals surface area contributed by atoms with Gasteiger partial charge in [-0.1, -0.05) is 19.9 Å². The molecule has 1 aromatic rings. The van der Waals surface area contributed by atoms with Crippen LogP contribution in [0.2, 0.25) is 0 Å². The highest BCUT2D eigenvalue weighted by Crippen LogP contribution is 2.30. The van der Waals surface area contributed by atoms with Gasteiger partial charge in [-0.25, -0.2) is 0 Å². The fourth-order valence-corrected chi connectivity index (χ4v) is 3.55. The molecule has 0 radical (unpaired) electrons. The van der Waals surface area contributed by atoms with Crippen molar-refractivity contribution in [3.05, 3.63) is 23.8 Å². The van der Waals surface area contributed by atoms with Gasteiger partial charge in [0, 0.05) is 23.6 Å². The standard InChI is InChI=1S/C16H25N3OS/c1-12-4-5-14(13(17)10-12)18-15(20)11-19-7-6-16(2,3)21-9-8-19/h4-5,10H,6-9,11,17H2,1-3H3,(H,18,20). The SMILES string of the molecule is Cc1ccc(NC(=O)CN2CCSC(C)(C)CC2)c(N)c1. The van der Waals surface area contributed by atoms with Crippen molar-refractivity contribution in [3.8, 4) is 0 Å². The summed E-state index contributed by atoms with van der Waals surface area (Å²) in [7, 11) is 0. The largest absolute Gasteiger partial charge is 0.397 e. The van der Waals surface area contributed by atoms with Crippen LogP contribution in [0, 0.1) is 6.92 Å². The van der Waals surface area contributed by atoms with Crippen LogP contribution in [0.3, 0.4) is 0 Å². The van der Waals surface area contributed by atoms with E-state index in [9.17, 15) is 4.79 Å². The summed E-state index contributed by atoms with van der Waals surface area (Å²) in [5, 5.41) is 2.91. The molecule has 116 valence electrons. The average molecular weight is 307 g/mol. The number of benzene rings is 1. The molecule has 4 nitrogen and oxygen atoms in total. The Balaban J connectivity index is 1.89. The van der Waals surface area contributed by atoms with Crippen LogP contribution in [0.5, 0.6) is 0 Å². The van der Waals surface area contributed by atoms with E-state index in [1.54, 1.807) is 0 Å². The van der Waals surface area contributed by atoms with Gasteiger partial charge in [0.15, 0.2) is 0 Å². The molecular weight excluding hydrogens is 282 g/mol. The van der Waals surface area contributed by atoms with Gasteiger partial charge < -0.3 is 11.1 Å². The van der Waals surface area contributed by atoms with Crippen LogP contribution in [0.4, 0.5) is 11.4 Å². The summed E-state index contributed by atoms with van der Waals surface area (Å²) < 4.78 is 0.312. The summed E-state index contributed by atoms with van der Waals surface area (Å²) in [6.07, 6.45) is 1.11. The van der Waals surface area contributed by atoms with Gasteiger partial charge in [0.05, 0.1) is 17.9 Å². The number of thioether (sulfide) groups is 1. The number of amides is 1. The molecule has 1 heterocycles. The Morgan fingerprint density at radius 2 is 2.19 bits per heavy atom. The molecule has 2 rings (SSSR count).